The van der Waals surface area contributed by atoms with Crippen molar-refractivity contribution in [2.75, 3.05) is 11.4 Å². The van der Waals surface area contributed by atoms with Gasteiger partial charge >= 0.3 is 0 Å². The molecule has 0 fully saturated rings. The predicted molar refractivity (Wildman–Crippen MR) is 68.8 cm³/mol. The van der Waals surface area contributed by atoms with Gasteiger partial charge in [0.1, 0.15) is 0 Å². The van der Waals surface area contributed by atoms with Gasteiger partial charge in [-0.2, -0.15) is 0 Å². The van der Waals surface area contributed by atoms with Gasteiger partial charge in [-0.3, -0.25) is 4.79 Å². The average Bonchev–Trinajstić information content (AvgIpc) is 2.16. The van der Waals surface area contributed by atoms with Crippen LogP contribution in [0.1, 0.15) is 31.9 Å². The fourth-order valence-electron chi connectivity index (χ4n) is 1.88. The number of carbonyl (C=O) groups is 1. The maximum Gasteiger partial charge on any atom is 0.229 e. The molecule has 0 aliphatic rings. The SMILES string of the molecule is CCN(C(=O)C(C)C)c1cc(C)cc(C)c1. The molecule has 0 N–H and O–H groups in total. The summed E-state index contributed by atoms with van der Waals surface area (Å²) in [6.07, 6.45) is 0. The molecule has 2 nitrogen and oxygen atoms in total. The summed E-state index contributed by atoms with van der Waals surface area (Å²) in [7, 11) is 0. The molecular formula is C14H21NO. The van der Waals surface area contributed by atoms with Crippen molar-refractivity contribution >= 4 is 11.6 Å². The molecule has 0 aromatic heterocycles. The van der Waals surface area contributed by atoms with Crippen molar-refractivity contribution in [3.8, 4) is 0 Å². The molecule has 0 radical (unpaired) electrons. The molecule has 0 atom stereocenters. The molecule has 2 heteroatoms. The largest absolute Gasteiger partial charge is 0.312 e. The first kappa shape index (κ1) is 12.8. The van der Waals surface area contributed by atoms with E-state index in [1.807, 2.05) is 25.7 Å². The minimum atomic E-state index is 0.0424. The van der Waals surface area contributed by atoms with E-state index in [0.717, 1.165) is 12.2 Å². The summed E-state index contributed by atoms with van der Waals surface area (Å²) in [5.74, 6) is 0.230. The number of rotatable bonds is 3. The number of benzene rings is 1. The smallest absolute Gasteiger partial charge is 0.229 e. The highest BCUT2D eigenvalue weighted by Gasteiger charge is 2.17. The summed E-state index contributed by atoms with van der Waals surface area (Å²) in [5, 5.41) is 0. The van der Waals surface area contributed by atoms with Crippen LogP contribution in [0.5, 0.6) is 0 Å². The molecule has 16 heavy (non-hydrogen) atoms. The van der Waals surface area contributed by atoms with E-state index in [-0.39, 0.29) is 11.8 Å². The van der Waals surface area contributed by atoms with Gasteiger partial charge < -0.3 is 4.90 Å². The van der Waals surface area contributed by atoms with Crippen LogP contribution in [-0.2, 0) is 4.79 Å². The van der Waals surface area contributed by atoms with Crippen LogP contribution < -0.4 is 4.90 Å². The Bertz CT molecular complexity index is 362. The van der Waals surface area contributed by atoms with Gasteiger partial charge in [0.25, 0.3) is 0 Å². The Kier molecular flexibility index (Phi) is 4.11. The van der Waals surface area contributed by atoms with E-state index < -0.39 is 0 Å². The summed E-state index contributed by atoms with van der Waals surface area (Å²) >= 11 is 0. The van der Waals surface area contributed by atoms with Gasteiger partial charge in [0.15, 0.2) is 0 Å². The van der Waals surface area contributed by atoms with Crippen LogP contribution in [-0.4, -0.2) is 12.5 Å². The zero-order valence-electron chi connectivity index (χ0n) is 10.9. The van der Waals surface area contributed by atoms with Crippen LogP contribution in [0.15, 0.2) is 18.2 Å². The van der Waals surface area contributed by atoms with E-state index >= 15 is 0 Å². The second kappa shape index (κ2) is 5.15. The second-order valence-corrected chi connectivity index (χ2v) is 4.58. The average molecular weight is 219 g/mol. The molecule has 0 bridgehead atoms. The molecule has 1 aromatic carbocycles. The van der Waals surface area contributed by atoms with E-state index in [0.29, 0.717) is 0 Å². The lowest BCUT2D eigenvalue weighted by Gasteiger charge is -2.24. The van der Waals surface area contributed by atoms with Crippen molar-refractivity contribution in [1.29, 1.82) is 0 Å². The molecule has 0 saturated heterocycles. The normalized spacial score (nSPS) is 10.6. The topological polar surface area (TPSA) is 20.3 Å². The standard InChI is InChI=1S/C14H21NO/c1-6-15(14(16)10(2)3)13-8-11(4)7-12(5)9-13/h7-10H,6H2,1-5H3. The number of aryl methyl sites for hydroxylation is 2. The van der Waals surface area contributed by atoms with Crippen LogP contribution >= 0.6 is 0 Å². The van der Waals surface area contributed by atoms with E-state index in [4.69, 9.17) is 0 Å². The molecule has 0 aliphatic heterocycles. The van der Waals surface area contributed by atoms with E-state index in [2.05, 4.69) is 32.0 Å². The maximum absolute atomic E-state index is 12.0. The van der Waals surface area contributed by atoms with Gasteiger partial charge in [0.05, 0.1) is 0 Å². The van der Waals surface area contributed by atoms with E-state index in [1.165, 1.54) is 11.1 Å². The van der Waals surface area contributed by atoms with Crippen molar-refractivity contribution in [2.24, 2.45) is 5.92 Å². The Hall–Kier alpha value is -1.31. The van der Waals surface area contributed by atoms with Crippen molar-refractivity contribution < 1.29 is 4.79 Å². The van der Waals surface area contributed by atoms with Gasteiger partial charge in [-0.25, -0.2) is 0 Å². The van der Waals surface area contributed by atoms with Gasteiger partial charge in [-0.1, -0.05) is 19.9 Å². The molecule has 1 aromatic rings. The molecule has 1 amide bonds. The number of hydrogen-bond donors (Lipinski definition) is 0. The Morgan fingerprint density at radius 1 is 1.19 bits per heavy atom. The summed E-state index contributed by atoms with van der Waals surface area (Å²) < 4.78 is 0. The van der Waals surface area contributed by atoms with Crippen LogP contribution in [0.3, 0.4) is 0 Å². The second-order valence-electron chi connectivity index (χ2n) is 4.58. The van der Waals surface area contributed by atoms with Gasteiger partial charge in [0, 0.05) is 18.2 Å². The lowest BCUT2D eigenvalue weighted by molar-refractivity contribution is -0.121. The summed E-state index contributed by atoms with van der Waals surface area (Å²) in [4.78, 5) is 13.9. The Labute approximate surface area is 98.3 Å². The van der Waals surface area contributed by atoms with Gasteiger partial charge in [-0.05, 0) is 44.0 Å². The molecule has 1 rings (SSSR count). The highest BCUT2D eigenvalue weighted by atomic mass is 16.2. The Balaban J connectivity index is 3.08. The van der Waals surface area contributed by atoms with Crippen molar-refractivity contribution in [2.45, 2.75) is 34.6 Å². The minimum Gasteiger partial charge on any atom is -0.312 e. The Morgan fingerprint density at radius 2 is 1.69 bits per heavy atom. The van der Waals surface area contributed by atoms with Gasteiger partial charge in [0.2, 0.25) is 5.91 Å². The lowest BCUT2D eigenvalue weighted by atomic mass is 10.1. The molecule has 0 heterocycles. The third kappa shape index (κ3) is 2.84. The number of amides is 1. The highest BCUT2D eigenvalue weighted by molar-refractivity contribution is 5.94. The summed E-state index contributed by atoms with van der Waals surface area (Å²) in [6.45, 7) is 10.7. The molecule has 88 valence electrons. The maximum atomic E-state index is 12.0. The first-order chi connectivity index (χ1) is 7.45. The van der Waals surface area contributed by atoms with Gasteiger partial charge in [-0.15, -0.1) is 0 Å². The molecule has 0 aliphatic carbocycles. The monoisotopic (exact) mass is 219 g/mol. The number of nitrogens with zero attached hydrogens (tertiary/aromatic N) is 1. The zero-order chi connectivity index (χ0) is 12.3. The van der Waals surface area contributed by atoms with Crippen LogP contribution in [0.4, 0.5) is 5.69 Å². The molecule has 0 spiro atoms. The van der Waals surface area contributed by atoms with Crippen molar-refractivity contribution in [3.05, 3.63) is 29.3 Å². The van der Waals surface area contributed by atoms with Crippen molar-refractivity contribution in [3.63, 3.8) is 0 Å². The fourth-order valence-corrected chi connectivity index (χ4v) is 1.88. The number of hydrogen-bond acceptors (Lipinski definition) is 1. The Morgan fingerprint density at radius 3 is 2.06 bits per heavy atom. The predicted octanol–water partition coefficient (Wildman–Crippen LogP) is 3.31. The summed E-state index contributed by atoms with van der Waals surface area (Å²) in [5.41, 5.74) is 3.41. The van der Waals surface area contributed by atoms with E-state index in [9.17, 15) is 4.79 Å². The third-order valence-corrected chi connectivity index (χ3v) is 2.59. The van der Waals surface area contributed by atoms with Crippen LogP contribution in [0.2, 0.25) is 0 Å². The van der Waals surface area contributed by atoms with Crippen molar-refractivity contribution in [1.82, 2.24) is 0 Å². The molecule has 0 unspecified atom stereocenters. The quantitative estimate of drug-likeness (QED) is 0.763. The summed E-state index contributed by atoms with van der Waals surface area (Å²) in [6, 6.07) is 6.25. The van der Waals surface area contributed by atoms with Crippen LogP contribution in [0.25, 0.3) is 0 Å². The van der Waals surface area contributed by atoms with E-state index in [1.54, 1.807) is 0 Å². The third-order valence-electron chi connectivity index (χ3n) is 2.59. The molecule has 0 saturated carbocycles. The lowest BCUT2D eigenvalue weighted by Crippen LogP contribution is -2.34. The van der Waals surface area contributed by atoms with Crippen LogP contribution in [0, 0.1) is 19.8 Å². The highest BCUT2D eigenvalue weighted by Crippen LogP contribution is 2.20. The first-order valence-corrected chi connectivity index (χ1v) is 5.85. The minimum absolute atomic E-state index is 0.0424. The first-order valence-electron chi connectivity index (χ1n) is 5.85. The number of anilines is 1. The molecular weight excluding hydrogens is 198 g/mol. The zero-order valence-corrected chi connectivity index (χ0v) is 10.9. The number of carbonyl (C=O) groups excluding carboxylic acids is 1. The fraction of sp³-hybridized carbons (Fsp3) is 0.500.